The molecular weight excluding hydrogens is 228 g/mol. The zero-order valence-electron chi connectivity index (χ0n) is 9.67. The van der Waals surface area contributed by atoms with Crippen LogP contribution in [0.25, 0.3) is 0 Å². The van der Waals surface area contributed by atoms with E-state index in [4.69, 9.17) is 0 Å². The molecule has 0 unspecified atom stereocenters. The van der Waals surface area contributed by atoms with E-state index in [9.17, 15) is 0 Å². The van der Waals surface area contributed by atoms with Gasteiger partial charge in [0.15, 0.2) is 0 Å². The first-order chi connectivity index (χ1) is 8.45. The number of pyridine rings is 1. The Morgan fingerprint density at radius 2 is 1.76 bits per heavy atom. The highest BCUT2D eigenvalue weighted by Crippen LogP contribution is 2.15. The van der Waals surface area contributed by atoms with E-state index >= 15 is 0 Å². The lowest BCUT2D eigenvalue weighted by Gasteiger charge is -2.04. The summed E-state index contributed by atoms with van der Waals surface area (Å²) in [5.74, 6) is 1.09. The van der Waals surface area contributed by atoms with Crippen molar-refractivity contribution in [2.24, 2.45) is 0 Å². The van der Waals surface area contributed by atoms with Gasteiger partial charge < -0.3 is 5.32 Å². The van der Waals surface area contributed by atoms with Crippen molar-refractivity contribution in [3.63, 3.8) is 0 Å². The maximum atomic E-state index is 4.00. The van der Waals surface area contributed by atoms with Gasteiger partial charge in [0, 0.05) is 36.1 Å². The second-order valence-electron chi connectivity index (χ2n) is 3.69. The van der Waals surface area contributed by atoms with Gasteiger partial charge in [-0.3, -0.25) is 4.98 Å². The molecule has 17 heavy (non-hydrogen) atoms. The van der Waals surface area contributed by atoms with Crippen molar-refractivity contribution in [3.05, 3.63) is 60.4 Å². The average Bonchev–Trinajstić information content (AvgIpc) is 2.41. The molecule has 2 rings (SSSR count). The van der Waals surface area contributed by atoms with Crippen molar-refractivity contribution in [1.82, 2.24) is 10.3 Å². The maximum Gasteiger partial charge on any atom is 0.0271 e. The smallest absolute Gasteiger partial charge is 0.0271 e. The summed E-state index contributed by atoms with van der Waals surface area (Å²) in [6.07, 6.45) is 3.66. The molecule has 0 aliphatic carbocycles. The molecule has 1 aromatic carbocycles. The summed E-state index contributed by atoms with van der Waals surface area (Å²) in [6.45, 7) is 1.93. The second kappa shape index (κ2) is 7.09. The molecule has 0 amide bonds. The molecule has 0 bridgehead atoms. The number of hydrogen-bond acceptors (Lipinski definition) is 3. The van der Waals surface area contributed by atoms with Crippen molar-refractivity contribution in [2.75, 3.05) is 12.3 Å². The lowest BCUT2D eigenvalue weighted by Crippen LogP contribution is -2.16. The highest BCUT2D eigenvalue weighted by molar-refractivity contribution is 7.99. The van der Waals surface area contributed by atoms with E-state index < -0.39 is 0 Å². The summed E-state index contributed by atoms with van der Waals surface area (Å²) in [7, 11) is 0. The van der Waals surface area contributed by atoms with Crippen molar-refractivity contribution in [3.8, 4) is 0 Å². The minimum Gasteiger partial charge on any atom is -0.312 e. The number of hydrogen-bond donors (Lipinski definition) is 1. The molecule has 1 heterocycles. The maximum absolute atomic E-state index is 4.00. The summed E-state index contributed by atoms with van der Waals surface area (Å²) in [5, 5.41) is 3.42. The van der Waals surface area contributed by atoms with Crippen molar-refractivity contribution in [1.29, 1.82) is 0 Å². The highest BCUT2D eigenvalue weighted by Gasteiger charge is 1.93. The first kappa shape index (κ1) is 12.1. The molecule has 2 aromatic rings. The molecule has 0 spiro atoms. The van der Waals surface area contributed by atoms with E-state index in [0.29, 0.717) is 0 Å². The van der Waals surface area contributed by atoms with Gasteiger partial charge in [0.05, 0.1) is 0 Å². The third-order valence-electron chi connectivity index (χ3n) is 2.37. The topological polar surface area (TPSA) is 24.9 Å². The second-order valence-corrected chi connectivity index (χ2v) is 4.86. The SMILES string of the molecule is c1ccc(SCCNCc2ccncc2)cc1. The molecular formula is C14H16N2S. The molecule has 0 radical (unpaired) electrons. The van der Waals surface area contributed by atoms with E-state index in [1.807, 2.05) is 42.4 Å². The van der Waals surface area contributed by atoms with Gasteiger partial charge >= 0.3 is 0 Å². The summed E-state index contributed by atoms with van der Waals surface area (Å²) in [4.78, 5) is 5.33. The van der Waals surface area contributed by atoms with E-state index in [-0.39, 0.29) is 0 Å². The molecule has 0 aliphatic rings. The monoisotopic (exact) mass is 244 g/mol. The van der Waals surface area contributed by atoms with Crippen LogP contribution in [0.15, 0.2) is 59.8 Å². The fraction of sp³-hybridized carbons (Fsp3) is 0.214. The largest absolute Gasteiger partial charge is 0.312 e. The Morgan fingerprint density at radius 1 is 1.00 bits per heavy atom. The highest BCUT2D eigenvalue weighted by atomic mass is 32.2. The standard InChI is InChI=1S/C14H16N2S/c1-2-4-14(5-3-1)17-11-10-16-12-13-6-8-15-9-7-13/h1-9,16H,10-12H2. The predicted octanol–water partition coefficient (Wildman–Crippen LogP) is 2.96. The van der Waals surface area contributed by atoms with Crippen molar-refractivity contribution < 1.29 is 0 Å². The minimum atomic E-state index is 0.915. The van der Waals surface area contributed by atoms with Crippen LogP contribution in [0.3, 0.4) is 0 Å². The Kier molecular flexibility index (Phi) is 5.07. The van der Waals surface area contributed by atoms with Crippen molar-refractivity contribution in [2.45, 2.75) is 11.4 Å². The molecule has 2 nitrogen and oxygen atoms in total. The van der Waals surface area contributed by atoms with Gasteiger partial charge in [-0.25, -0.2) is 0 Å². The number of nitrogens with zero attached hydrogens (tertiary/aromatic N) is 1. The Bertz CT molecular complexity index is 375. The van der Waals surface area contributed by atoms with Gasteiger partial charge in [-0.05, 0) is 29.8 Å². The molecule has 0 saturated carbocycles. The van der Waals surface area contributed by atoms with Crippen LogP contribution in [0.2, 0.25) is 0 Å². The van der Waals surface area contributed by atoms with Gasteiger partial charge in [0.1, 0.15) is 0 Å². The van der Waals surface area contributed by atoms with Crippen LogP contribution < -0.4 is 5.32 Å². The quantitative estimate of drug-likeness (QED) is 0.624. The normalized spacial score (nSPS) is 10.4. The predicted molar refractivity (Wildman–Crippen MR) is 73.1 cm³/mol. The molecule has 3 heteroatoms. The minimum absolute atomic E-state index is 0.915. The number of rotatable bonds is 6. The van der Waals surface area contributed by atoms with Crippen LogP contribution in [-0.4, -0.2) is 17.3 Å². The van der Waals surface area contributed by atoms with E-state index in [0.717, 1.165) is 18.8 Å². The fourth-order valence-corrected chi connectivity index (χ4v) is 2.32. The third-order valence-corrected chi connectivity index (χ3v) is 3.38. The average molecular weight is 244 g/mol. The molecule has 88 valence electrons. The molecule has 0 saturated heterocycles. The summed E-state index contributed by atoms with van der Waals surface area (Å²) in [6, 6.07) is 14.6. The fourth-order valence-electron chi connectivity index (χ4n) is 1.49. The molecule has 1 aromatic heterocycles. The van der Waals surface area contributed by atoms with Gasteiger partial charge in [-0.15, -0.1) is 11.8 Å². The Balaban J connectivity index is 1.61. The summed E-state index contributed by atoms with van der Waals surface area (Å²) >= 11 is 1.88. The van der Waals surface area contributed by atoms with Crippen LogP contribution in [0.4, 0.5) is 0 Å². The summed E-state index contributed by atoms with van der Waals surface area (Å²) < 4.78 is 0. The number of aromatic nitrogens is 1. The summed E-state index contributed by atoms with van der Waals surface area (Å²) in [5.41, 5.74) is 1.28. The zero-order valence-corrected chi connectivity index (χ0v) is 10.5. The van der Waals surface area contributed by atoms with E-state index in [1.54, 1.807) is 0 Å². The number of nitrogens with one attached hydrogen (secondary N) is 1. The Labute approximate surface area is 106 Å². The molecule has 0 aliphatic heterocycles. The molecule has 0 atom stereocenters. The van der Waals surface area contributed by atoms with Crippen LogP contribution in [-0.2, 0) is 6.54 Å². The van der Waals surface area contributed by atoms with Crippen LogP contribution >= 0.6 is 11.8 Å². The number of thioether (sulfide) groups is 1. The van der Waals surface area contributed by atoms with E-state index in [2.05, 4.69) is 34.6 Å². The number of benzene rings is 1. The van der Waals surface area contributed by atoms with Crippen LogP contribution in [0.5, 0.6) is 0 Å². The van der Waals surface area contributed by atoms with Crippen molar-refractivity contribution >= 4 is 11.8 Å². The van der Waals surface area contributed by atoms with Gasteiger partial charge in [-0.1, -0.05) is 18.2 Å². The van der Waals surface area contributed by atoms with Gasteiger partial charge in [-0.2, -0.15) is 0 Å². The lowest BCUT2D eigenvalue weighted by atomic mass is 10.3. The lowest BCUT2D eigenvalue weighted by molar-refractivity contribution is 0.731. The Hall–Kier alpha value is -1.32. The molecule has 1 N–H and O–H groups in total. The van der Waals surface area contributed by atoms with Crippen LogP contribution in [0.1, 0.15) is 5.56 Å². The first-order valence-corrected chi connectivity index (χ1v) is 6.71. The zero-order chi connectivity index (χ0) is 11.8. The third kappa shape index (κ3) is 4.59. The first-order valence-electron chi connectivity index (χ1n) is 5.72. The van der Waals surface area contributed by atoms with E-state index in [1.165, 1.54) is 10.5 Å². The van der Waals surface area contributed by atoms with Gasteiger partial charge in [0.25, 0.3) is 0 Å². The van der Waals surface area contributed by atoms with Gasteiger partial charge in [0.2, 0.25) is 0 Å². The molecule has 0 fully saturated rings. The van der Waals surface area contributed by atoms with Crippen LogP contribution in [0, 0.1) is 0 Å². The Morgan fingerprint density at radius 3 is 2.53 bits per heavy atom.